The Balaban J connectivity index is 1.62. The van der Waals surface area contributed by atoms with Gasteiger partial charge in [0.1, 0.15) is 0 Å². The SMILES string of the molecule is COC(=O)c1ccc(C(=O)NCC2(c3ccsc3)CC2)cc1. The Morgan fingerprint density at radius 3 is 2.41 bits per heavy atom. The van der Waals surface area contributed by atoms with Crippen LogP contribution in [-0.4, -0.2) is 25.5 Å². The third-order valence-electron chi connectivity index (χ3n) is 4.14. The predicted octanol–water partition coefficient (Wildman–Crippen LogP) is 3.00. The van der Waals surface area contributed by atoms with Crippen molar-refractivity contribution in [1.29, 1.82) is 0 Å². The van der Waals surface area contributed by atoms with E-state index in [-0.39, 0.29) is 11.3 Å². The van der Waals surface area contributed by atoms with Gasteiger partial charge in [-0.1, -0.05) is 0 Å². The molecule has 22 heavy (non-hydrogen) atoms. The number of carbonyl (C=O) groups excluding carboxylic acids is 2. The molecule has 114 valence electrons. The number of benzene rings is 1. The van der Waals surface area contributed by atoms with Gasteiger partial charge in [-0.15, -0.1) is 0 Å². The number of hydrogen-bond acceptors (Lipinski definition) is 4. The zero-order valence-electron chi connectivity index (χ0n) is 12.3. The van der Waals surface area contributed by atoms with Gasteiger partial charge in [0.2, 0.25) is 0 Å². The fourth-order valence-corrected chi connectivity index (χ4v) is 3.29. The van der Waals surface area contributed by atoms with E-state index in [1.54, 1.807) is 35.6 Å². The highest BCUT2D eigenvalue weighted by atomic mass is 32.1. The van der Waals surface area contributed by atoms with Crippen LogP contribution >= 0.6 is 11.3 Å². The first kappa shape index (κ1) is 14.8. The fraction of sp³-hybridized carbons (Fsp3) is 0.294. The highest BCUT2D eigenvalue weighted by Crippen LogP contribution is 2.48. The number of carbonyl (C=O) groups is 2. The molecule has 1 aromatic carbocycles. The maximum Gasteiger partial charge on any atom is 0.337 e. The second-order valence-corrected chi connectivity index (χ2v) is 6.32. The molecule has 4 nitrogen and oxygen atoms in total. The van der Waals surface area contributed by atoms with E-state index < -0.39 is 5.97 Å². The summed E-state index contributed by atoms with van der Waals surface area (Å²) in [6.45, 7) is 0.654. The van der Waals surface area contributed by atoms with Crippen LogP contribution in [0.5, 0.6) is 0 Å². The molecule has 1 aromatic heterocycles. The fourth-order valence-electron chi connectivity index (χ4n) is 2.51. The summed E-state index contributed by atoms with van der Waals surface area (Å²) in [5.74, 6) is -0.515. The summed E-state index contributed by atoms with van der Waals surface area (Å²) < 4.78 is 4.64. The lowest BCUT2D eigenvalue weighted by atomic mass is 9.99. The van der Waals surface area contributed by atoms with E-state index in [0.29, 0.717) is 17.7 Å². The first-order valence-electron chi connectivity index (χ1n) is 7.14. The number of rotatable bonds is 5. The minimum absolute atomic E-state index is 0.113. The molecule has 0 bridgehead atoms. The van der Waals surface area contributed by atoms with Crippen molar-refractivity contribution in [3.8, 4) is 0 Å². The van der Waals surface area contributed by atoms with E-state index >= 15 is 0 Å². The lowest BCUT2D eigenvalue weighted by Gasteiger charge is -2.15. The number of esters is 1. The molecule has 0 spiro atoms. The minimum atomic E-state index is -0.402. The van der Waals surface area contributed by atoms with Crippen molar-refractivity contribution < 1.29 is 14.3 Å². The molecule has 0 aliphatic heterocycles. The van der Waals surface area contributed by atoms with Gasteiger partial charge in [-0.05, 0) is 59.5 Å². The van der Waals surface area contributed by atoms with Crippen molar-refractivity contribution in [1.82, 2.24) is 5.32 Å². The summed E-state index contributed by atoms with van der Waals surface area (Å²) in [5.41, 5.74) is 2.44. The van der Waals surface area contributed by atoms with Crippen molar-refractivity contribution in [3.63, 3.8) is 0 Å². The molecule has 0 radical (unpaired) electrons. The van der Waals surface area contributed by atoms with Gasteiger partial charge in [-0.2, -0.15) is 11.3 Å². The number of amides is 1. The Morgan fingerprint density at radius 1 is 1.18 bits per heavy atom. The summed E-state index contributed by atoms with van der Waals surface area (Å²) in [6.07, 6.45) is 2.23. The smallest absolute Gasteiger partial charge is 0.337 e. The van der Waals surface area contributed by atoms with E-state index in [2.05, 4.69) is 26.9 Å². The van der Waals surface area contributed by atoms with Gasteiger partial charge in [0, 0.05) is 17.5 Å². The van der Waals surface area contributed by atoms with Crippen molar-refractivity contribution in [2.45, 2.75) is 18.3 Å². The zero-order valence-corrected chi connectivity index (χ0v) is 13.1. The molecule has 1 aliphatic rings. The largest absolute Gasteiger partial charge is 0.465 e. The van der Waals surface area contributed by atoms with Crippen LogP contribution in [0.4, 0.5) is 0 Å². The summed E-state index contributed by atoms with van der Waals surface area (Å²) in [6, 6.07) is 8.63. The molecule has 1 heterocycles. The molecular formula is C17H17NO3S. The Hall–Kier alpha value is -2.14. The van der Waals surface area contributed by atoms with Crippen molar-refractivity contribution in [3.05, 3.63) is 57.8 Å². The molecular weight excluding hydrogens is 298 g/mol. The molecule has 5 heteroatoms. The van der Waals surface area contributed by atoms with E-state index in [1.807, 2.05) is 0 Å². The van der Waals surface area contributed by atoms with Crippen LogP contribution < -0.4 is 5.32 Å². The number of hydrogen-bond donors (Lipinski definition) is 1. The van der Waals surface area contributed by atoms with Gasteiger partial charge in [0.15, 0.2) is 0 Å². The van der Waals surface area contributed by atoms with Crippen LogP contribution in [0.1, 0.15) is 39.1 Å². The number of methoxy groups -OCH3 is 1. The quantitative estimate of drug-likeness (QED) is 0.863. The van der Waals surface area contributed by atoms with Crippen LogP contribution in [0.3, 0.4) is 0 Å². The summed E-state index contributed by atoms with van der Waals surface area (Å²) >= 11 is 1.69. The third-order valence-corrected chi connectivity index (χ3v) is 4.83. The molecule has 1 saturated carbocycles. The van der Waals surface area contributed by atoms with Crippen LogP contribution in [-0.2, 0) is 10.2 Å². The number of nitrogens with one attached hydrogen (secondary N) is 1. The van der Waals surface area contributed by atoms with Gasteiger partial charge in [0.25, 0.3) is 5.91 Å². The lowest BCUT2D eigenvalue weighted by Crippen LogP contribution is -2.32. The van der Waals surface area contributed by atoms with E-state index in [4.69, 9.17) is 0 Å². The van der Waals surface area contributed by atoms with Gasteiger partial charge in [-0.3, -0.25) is 4.79 Å². The maximum atomic E-state index is 12.2. The second kappa shape index (κ2) is 5.93. The zero-order chi connectivity index (χ0) is 15.6. The standard InChI is InChI=1S/C17H17NO3S/c1-21-16(20)13-4-2-12(3-5-13)15(19)18-11-17(7-8-17)14-6-9-22-10-14/h2-6,9-10H,7-8,11H2,1H3,(H,18,19). The van der Waals surface area contributed by atoms with Gasteiger partial charge < -0.3 is 10.1 Å². The Bertz CT molecular complexity index is 672. The van der Waals surface area contributed by atoms with Crippen LogP contribution in [0.2, 0.25) is 0 Å². The minimum Gasteiger partial charge on any atom is -0.465 e. The Labute approximate surface area is 133 Å². The van der Waals surface area contributed by atoms with Gasteiger partial charge >= 0.3 is 5.97 Å². The molecule has 0 saturated heterocycles. The molecule has 0 unspecified atom stereocenters. The third kappa shape index (κ3) is 2.90. The van der Waals surface area contributed by atoms with E-state index in [0.717, 1.165) is 12.8 Å². The van der Waals surface area contributed by atoms with E-state index in [1.165, 1.54) is 12.7 Å². The average Bonchev–Trinajstić information content (AvgIpc) is 3.14. The Morgan fingerprint density at radius 2 is 1.86 bits per heavy atom. The lowest BCUT2D eigenvalue weighted by molar-refractivity contribution is 0.0600. The molecule has 1 N–H and O–H groups in total. The second-order valence-electron chi connectivity index (χ2n) is 5.54. The van der Waals surface area contributed by atoms with Crippen molar-refractivity contribution in [2.75, 3.05) is 13.7 Å². The topological polar surface area (TPSA) is 55.4 Å². The van der Waals surface area contributed by atoms with Crippen molar-refractivity contribution in [2.24, 2.45) is 0 Å². The molecule has 1 aliphatic carbocycles. The predicted molar refractivity (Wildman–Crippen MR) is 85.3 cm³/mol. The molecule has 1 fully saturated rings. The van der Waals surface area contributed by atoms with Gasteiger partial charge in [-0.25, -0.2) is 4.79 Å². The highest BCUT2D eigenvalue weighted by molar-refractivity contribution is 7.08. The normalized spacial score (nSPS) is 15.1. The van der Waals surface area contributed by atoms with Crippen LogP contribution in [0.25, 0.3) is 0 Å². The Kier molecular flexibility index (Phi) is 3.98. The molecule has 0 atom stereocenters. The van der Waals surface area contributed by atoms with E-state index in [9.17, 15) is 9.59 Å². The summed E-state index contributed by atoms with van der Waals surface area (Å²) in [4.78, 5) is 23.6. The molecule has 2 aromatic rings. The molecule has 1 amide bonds. The highest BCUT2D eigenvalue weighted by Gasteiger charge is 2.44. The number of ether oxygens (including phenoxy) is 1. The van der Waals surface area contributed by atoms with Crippen molar-refractivity contribution >= 4 is 23.2 Å². The molecule has 3 rings (SSSR count). The van der Waals surface area contributed by atoms with Crippen LogP contribution in [0.15, 0.2) is 41.1 Å². The maximum absolute atomic E-state index is 12.2. The average molecular weight is 315 g/mol. The van der Waals surface area contributed by atoms with Gasteiger partial charge in [0.05, 0.1) is 12.7 Å². The number of thiophene rings is 1. The summed E-state index contributed by atoms with van der Waals surface area (Å²) in [7, 11) is 1.34. The first-order chi connectivity index (χ1) is 10.6. The summed E-state index contributed by atoms with van der Waals surface area (Å²) in [5, 5.41) is 7.23. The monoisotopic (exact) mass is 315 g/mol. The van der Waals surface area contributed by atoms with Crippen LogP contribution in [0, 0.1) is 0 Å². The first-order valence-corrected chi connectivity index (χ1v) is 8.08.